The number of halogens is 2. The highest BCUT2D eigenvalue weighted by Gasteiger charge is 2.49. The molecule has 3 aromatic rings. The van der Waals surface area contributed by atoms with E-state index < -0.39 is 23.4 Å². The van der Waals surface area contributed by atoms with Crippen LogP contribution in [-0.2, 0) is 17.4 Å². The summed E-state index contributed by atoms with van der Waals surface area (Å²) in [5.74, 6) is -0.990. The fraction of sp³-hybridized carbons (Fsp3) is 0.143. The lowest BCUT2D eigenvalue weighted by molar-refractivity contribution is -0.124. The van der Waals surface area contributed by atoms with Crippen LogP contribution in [0.3, 0.4) is 0 Å². The van der Waals surface area contributed by atoms with E-state index in [-0.39, 0.29) is 6.54 Å². The van der Waals surface area contributed by atoms with Crippen molar-refractivity contribution in [3.05, 3.63) is 76.0 Å². The molecule has 1 saturated heterocycles. The Balaban J connectivity index is 1.64. The number of carbonyl (C=O) groups is 3. The lowest BCUT2D eigenvalue weighted by Gasteiger charge is -2.26. The quantitative estimate of drug-likeness (QED) is 0.512. The Hall–Kier alpha value is -3.36. The summed E-state index contributed by atoms with van der Waals surface area (Å²) in [6.07, 6.45) is 1.51. The van der Waals surface area contributed by atoms with Crippen LogP contribution in [0.25, 0.3) is 11.1 Å². The minimum atomic E-state index is -1.48. The highest BCUT2D eigenvalue weighted by molar-refractivity contribution is 6.42. The van der Waals surface area contributed by atoms with Gasteiger partial charge >= 0.3 is 6.03 Å². The third-order valence-corrected chi connectivity index (χ3v) is 5.86. The number of hydrogen-bond acceptors (Lipinski definition) is 4. The predicted octanol–water partition coefficient (Wildman–Crippen LogP) is 2.86. The van der Waals surface area contributed by atoms with Crippen LogP contribution in [0.5, 0.6) is 0 Å². The molecule has 31 heavy (non-hydrogen) atoms. The van der Waals surface area contributed by atoms with Crippen LogP contribution >= 0.6 is 23.2 Å². The lowest BCUT2D eigenvalue weighted by Crippen LogP contribution is -2.53. The van der Waals surface area contributed by atoms with Crippen molar-refractivity contribution in [1.82, 2.24) is 25.7 Å². The van der Waals surface area contributed by atoms with E-state index in [1.165, 1.54) is 10.9 Å². The maximum atomic E-state index is 13.1. The Morgan fingerprint density at radius 2 is 1.90 bits per heavy atom. The van der Waals surface area contributed by atoms with Crippen LogP contribution in [0.4, 0.5) is 4.79 Å². The zero-order chi connectivity index (χ0) is 22.2. The first-order valence-corrected chi connectivity index (χ1v) is 10.0. The Morgan fingerprint density at radius 3 is 2.55 bits per heavy atom. The first kappa shape index (κ1) is 20.9. The summed E-state index contributed by atoms with van der Waals surface area (Å²) in [5.41, 5.74) is 0.706. The zero-order valence-electron chi connectivity index (χ0n) is 16.3. The summed E-state index contributed by atoms with van der Waals surface area (Å²) in [6, 6.07) is 13.1. The number of aryl methyl sites for hydroxylation is 1. The number of rotatable bonds is 5. The van der Waals surface area contributed by atoms with E-state index in [0.29, 0.717) is 32.4 Å². The molecule has 1 aromatic heterocycles. The van der Waals surface area contributed by atoms with E-state index in [0.717, 1.165) is 0 Å². The molecule has 4 rings (SSSR count). The molecule has 1 atom stereocenters. The summed E-state index contributed by atoms with van der Waals surface area (Å²) in [5, 5.41) is 12.5. The summed E-state index contributed by atoms with van der Waals surface area (Å²) < 4.78 is 1.47. The molecule has 10 heteroatoms. The second-order valence-electron chi connectivity index (χ2n) is 7.01. The van der Waals surface area contributed by atoms with Gasteiger partial charge in [-0.15, -0.1) is 0 Å². The maximum Gasteiger partial charge on any atom is 0.322 e. The molecule has 0 radical (unpaired) electrons. The van der Waals surface area contributed by atoms with Crippen LogP contribution in [0.15, 0.2) is 54.7 Å². The van der Waals surface area contributed by atoms with E-state index in [2.05, 4.69) is 21.0 Å². The van der Waals surface area contributed by atoms with Crippen molar-refractivity contribution in [1.29, 1.82) is 0 Å². The lowest BCUT2D eigenvalue weighted by atomic mass is 9.94. The zero-order valence-corrected chi connectivity index (χ0v) is 17.8. The predicted molar refractivity (Wildman–Crippen MR) is 116 cm³/mol. The highest BCUT2D eigenvalue weighted by atomic mass is 35.5. The molecule has 1 unspecified atom stereocenters. The van der Waals surface area contributed by atoms with Crippen molar-refractivity contribution in [3.8, 4) is 11.1 Å². The highest BCUT2D eigenvalue weighted by Crippen LogP contribution is 2.31. The fourth-order valence-corrected chi connectivity index (χ4v) is 3.88. The van der Waals surface area contributed by atoms with E-state index in [9.17, 15) is 14.4 Å². The number of urea groups is 1. The van der Waals surface area contributed by atoms with Crippen LogP contribution in [0, 0.1) is 0 Å². The summed E-state index contributed by atoms with van der Waals surface area (Å²) >= 11 is 12.1. The largest absolute Gasteiger partial charge is 0.349 e. The smallest absolute Gasteiger partial charge is 0.322 e. The molecule has 0 saturated carbocycles. The molecule has 2 aromatic carbocycles. The molecule has 3 N–H and O–H groups in total. The summed E-state index contributed by atoms with van der Waals surface area (Å²) in [6.45, 7) is -0.168. The van der Waals surface area contributed by atoms with Crippen molar-refractivity contribution in [2.75, 3.05) is 6.54 Å². The second-order valence-corrected chi connectivity index (χ2v) is 7.83. The SMILES string of the molecule is Cn1nccc1C1(CNC(=O)c2ccccc2-c2ccc(Cl)c(Cl)c2)NC(=O)NC1=O. The first-order chi connectivity index (χ1) is 14.8. The monoisotopic (exact) mass is 457 g/mol. The number of hydrogen-bond donors (Lipinski definition) is 3. The molecule has 0 aliphatic carbocycles. The van der Waals surface area contributed by atoms with Crippen LogP contribution in [-0.4, -0.2) is 34.2 Å². The standard InChI is InChI=1S/C21H17Cl2N5O3/c1-28-17(8-9-25-28)21(19(30)26-20(31)27-21)11-24-18(29)14-5-3-2-4-13(14)12-6-7-15(22)16(23)10-12/h2-10H,11H2,1H3,(H,24,29)(H2,26,27,30,31). The first-order valence-electron chi connectivity index (χ1n) is 9.26. The van der Waals surface area contributed by atoms with Crippen LogP contribution in [0.2, 0.25) is 10.0 Å². The Labute approximate surface area is 187 Å². The minimum absolute atomic E-state index is 0.168. The van der Waals surface area contributed by atoms with Gasteiger partial charge in [0.05, 0.1) is 22.3 Å². The number of carbonyl (C=O) groups excluding carboxylic acids is 3. The molecule has 158 valence electrons. The van der Waals surface area contributed by atoms with E-state index >= 15 is 0 Å². The normalized spacial score (nSPS) is 17.9. The van der Waals surface area contributed by atoms with Crippen molar-refractivity contribution in [2.45, 2.75) is 5.54 Å². The van der Waals surface area contributed by atoms with Crippen LogP contribution in [0.1, 0.15) is 16.1 Å². The minimum Gasteiger partial charge on any atom is -0.349 e. The molecule has 0 bridgehead atoms. The molecule has 2 heterocycles. The van der Waals surface area contributed by atoms with E-state index in [4.69, 9.17) is 23.2 Å². The van der Waals surface area contributed by atoms with Gasteiger partial charge in [0.15, 0.2) is 5.54 Å². The topological polar surface area (TPSA) is 105 Å². The van der Waals surface area contributed by atoms with Gasteiger partial charge in [0.25, 0.3) is 11.8 Å². The molecule has 4 amide bonds. The van der Waals surface area contributed by atoms with E-state index in [1.807, 2.05) is 0 Å². The average molecular weight is 458 g/mol. The average Bonchev–Trinajstić information content (AvgIpc) is 3.30. The third-order valence-electron chi connectivity index (χ3n) is 5.12. The molecule has 0 spiro atoms. The third kappa shape index (κ3) is 3.75. The van der Waals surface area contributed by atoms with Gasteiger partial charge in [-0.05, 0) is 35.4 Å². The van der Waals surface area contributed by atoms with Crippen LogP contribution < -0.4 is 16.0 Å². The molecule has 1 aliphatic heterocycles. The Kier molecular flexibility index (Phi) is 5.43. The van der Waals surface area contributed by atoms with Crippen molar-refractivity contribution >= 4 is 41.0 Å². The maximum absolute atomic E-state index is 13.1. The Bertz CT molecular complexity index is 1210. The number of nitrogens with zero attached hydrogens (tertiary/aromatic N) is 2. The summed E-state index contributed by atoms with van der Waals surface area (Å²) in [4.78, 5) is 37.6. The van der Waals surface area contributed by atoms with Gasteiger partial charge in [-0.25, -0.2) is 4.79 Å². The van der Waals surface area contributed by atoms with Gasteiger partial charge in [-0.3, -0.25) is 19.6 Å². The molecular weight excluding hydrogens is 441 g/mol. The number of aromatic nitrogens is 2. The summed E-state index contributed by atoms with van der Waals surface area (Å²) in [7, 11) is 1.65. The fourth-order valence-electron chi connectivity index (χ4n) is 3.58. The number of benzene rings is 2. The number of imide groups is 1. The second kappa shape index (κ2) is 8.05. The number of nitrogens with one attached hydrogen (secondary N) is 3. The molecule has 8 nitrogen and oxygen atoms in total. The van der Waals surface area contributed by atoms with Crippen molar-refractivity contribution in [2.24, 2.45) is 7.05 Å². The van der Waals surface area contributed by atoms with Gasteiger partial charge in [0, 0.05) is 18.8 Å². The van der Waals surface area contributed by atoms with Gasteiger partial charge in [0.2, 0.25) is 0 Å². The Morgan fingerprint density at radius 1 is 1.13 bits per heavy atom. The molecular formula is C21H17Cl2N5O3. The molecule has 1 aliphatic rings. The van der Waals surface area contributed by atoms with Gasteiger partial charge in [-0.1, -0.05) is 47.5 Å². The number of amides is 4. The van der Waals surface area contributed by atoms with Crippen molar-refractivity contribution in [3.63, 3.8) is 0 Å². The van der Waals surface area contributed by atoms with Crippen molar-refractivity contribution < 1.29 is 14.4 Å². The van der Waals surface area contributed by atoms with Gasteiger partial charge in [0.1, 0.15) is 0 Å². The van der Waals surface area contributed by atoms with E-state index in [1.54, 1.807) is 55.6 Å². The van der Waals surface area contributed by atoms with Gasteiger partial charge in [-0.2, -0.15) is 5.10 Å². The molecule has 1 fully saturated rings. The van der Waals surface area contributed by atoms with Gasteiger partial charge < -0.3 is 10.6 Å².